The van der Waals surface area contributed by atoms with Gasteiger partial charge < -0.3 is 5.32 Å². The van der Waals surface area contributed by atoms with E-state index in [9.17, 15) is 0 Å². The molecule has 1 aliphatic rings. The number of hydrogen-bond acceptors (Lipinski definition) is 1. The van der Waals surface area contributed by atoms with Crippen molar-refractivity contribution in [2.45, 2.75) is 44.6 Å². The van der Waals surface area contributed by atoms with E-state index >= 15 is 0 Å². The zero-order valence-electron chi connectivity index (χ0n) is 10.8. The van der Waals surface area contributed by atoms with Gasteiger partial charge in [0.05, 0.1) is 0 Å². The van der Waals surface area contributed by atoms with Crippen LogP contribution in [0.2, 0.25) is 0 Å². The van der Waals surface area contributed by atoms with Gasteiger partial charge in [-0.05, 0) is 43.4 Å². The maximum atomic E-state index is 3.91. The van der Waals surface area contributed by atoms with Crippen LogP contribution in [0.4, 0.5) is 0 Å². The minimum absolute atomic E-state index is 0.615. The molecule has 0 saturated heterocycles. The Morgan fingerprint density at radius 3 is 3.00 bits per heavy atom. The lowest BCUT2D eigenvalue weighted by Crippen LogP contribution is -2.38. The van der Waals surface area contributed by atoms with E-state index in [1.807, 2.05) is 0 Å². The first kappa shape index (κ1) is 12.4. The molecule has 1 aromatic rings. The Morgan fingerprint density at radius 1 is 1.41 bits per heavy atom. The second-order valence-electron chi connectivity index (χ2n) is 4.93. The number of fused-ring (bicyclic) bond motifs is 1. The fourth-order valence-electron chi connectivity index (χ4n) is 2.90. The standard InChI is InChI=1S/C16H23N/c1-3-7-15-14-9-6-5-8-13(14)10-11-16(15)17-12-4-2/h3,5-6,8-9,15-17H,1,4,7,10-12H2,2H3/t15-,16+/m1/s1. The number of hydrogen-bond donors (Lipinski definition) is 1. The molecular formula is C16H23N. The predicted molar refractivity (Wildman–Crippen MR) is 74.4 cm³/mol. The summed E-state index contributed by atoms with van der Waals surface area (Å²) in [4.78, 5) is 0. The van der Waals surface area contributed by atoms with Crippen LogP contribution in [0.3, 0.4) is 0 Å². The van der Waals surface area contributed by atoms with Gasteiger partial charge in [-0.1, -0.05) is 37.3 Å². The van der Waals surface area contributed by atoms with Gasteiger partial charge in [0.15, 0.2) is 0 Å². The molecule has 0 amide bonds. The molecule has 1 aliphatic carbocycles. The molecule has 1 N–H and O–H groups in total. The first-order valence-corrected chi connectivity index (χ1v) is 6.79. The topological polar surface area (TPSA) is 12.0 Å². The van der Waals surface area contributed by atoms with Crippen LogP contribution in [0.5, 0.6) is 0 Å². The summed E-state index contributed by atoms with van der Waals surface area (Å²) in [5, 5.41) is 3.70. The van der Waals surface area contributed by atoms with Crippen LogP contribution >= 0.6 is 0 Å². The molecule has 2 rings (SSSR count). The van der Waals surface area contributed by atoms with Gasteiger partial charge in [-0.3, -0.25) is 0 Å². The Kier molecular flexibility index (Phi) is 4.38. The highest BCUT2D eigenvalue weighted by atomic mass is 14.9. The second kappa shape index (κ2) is 6.02. The zero-order valence-corrected chi connectivity index (χ0v) is 10.8. The fraction of sp³-hybridized carbons (Fsp3) is 0.500. The minimum atomic E-state index is 0.615. The quantitative estimate of drug-likeness (QED) is 0.760. The lowest BCUT2D eigenvalue weighted by Gasteiger charge is -2.34. The van der Waals surface area contributed by atoms with Crippen LogP contribution in [-0.4, -0.2) is 12.6 Å². The van der Waals surface area contributed by atoms with Crippen LogP contribution in [0.1, 0.15) is 43.2 Å². The first-order valence-electron chi connectivity index (χ1n) is 6.79. The second-order valence-corrected chi connectivity index (χ2v) is 4.93. The van der Waals surface area contributed by atoms with Gasteiger partial charge in [-0.15, -0.1) is 6.58 Å². The fourth-order valence-corrected chi connectivity index (χ4v) is 2.90. The van der Waals surface area contributed by atoms with E-state index in [-0.39, 0.29) is 0 Å². The molecular weight excluding hydrogens is 206 g/mol. The largest absolute Gasteiger partial charge is 0.313 e. The summed E-state index contributed by atoms with van der Waals surface area (Å²) in [6, 6.07) is 9.52. The summed E-state index contributed by atoms with van der Waals surface area (Å²) in [6.07, 6.45) is 6.82. The summed E-state index contributed by atoms with van der Waals surface area (Å²) < 4.78 is 0. The summed E-state index contributed by atoms with van der Waals surface area (Å²) in [7, 11) is 0. The average molecular weight is 229 g/mol. The Labute approximate surface area is 105 Å². The molecule has 0 heterocycles. The monoisotopic (exact) mass is 229 g/mol. The number of allylic oxidation sites excluding steroid dienone is 1. The molecule has 0 radical (unpaired) electrons. The third-order valence-corrected chi connectivity index (χ3v) is 3.74. The van der Waals surface area contributed by atoms with Crippen LogP contribution < -0.4 is 5.32 Å². The average Bonchev–Trinajstić information content (AvgIpc) is 2.38. The van der Waals surface area contributed by atoms with E-state index in [1.54, 1.807) is 0 Å². The maximum absolute atomic E-state index is 3.91. The molecule has 0 saturated carbocycles. The normalized spacial score (nSPS) is 23.1. The Morgan fingerprint density at radius 2 is 2.24 bits per heavy atom. The van der Waals surface area contributed by atoms with Gasteiger partial charge in [0, 0.05) is 12.0 Å². The maximum Gasteiger partial charge on any atom is 0.0142 e. The van der Waals surface area contributed by atoms with E-state index in [1.165, 1.54) is 30.4 Å². The van der Waals surface area contributed by atoms with E-state index < -0.39 is 0 Å². The summed E-state index contributed by atoms with van der Waals surface area (Å²) in [5.41, 5.74) is 3.07. The Hall–Kier alpha value is -1.08. The van der Waals surface area contributed by atoms with E-state index in [0.717, 1.165) is 13.0 Å². The van der Waals surface area contributed by atoms with E-state index in [2.05, 4.69) is 49.2 Å². The molecule has 92 valence electrons. The third kappa shape index (κ3) is 2.78. The molecule has 17 heavy (non-hydrogen) atoms. The van der Waals surface area contributed by atoms with Crippen molar-refractivity contribution in [3.63, 3.8) is 0 Å². The van der Waals surface area contributed by atoms with Gasteiger partial charge >= 0.3 is 0 Å². The van der Waals surface area contributed by atoms with Crippen molar-refractivity contribution >= 4 is 0 Å². The van der Waals surface area contributed by atoms with Crippen molar-refractivity contribution in [1.29, 1.82) is 0 Å². The Balaban J connectivity index is 2.19. The molecule has 1 aromatic carbocycles. The molecule has 0 bridgehead atoms. The van der Waals surface area contributed by atoms with Gasteiger partial charge in [-0.25, -0.2) is 0 Å². The van der Waals surface area contributed by atoms with Crippen LogP contribution in [0.15, 0.2) is 36.9 Å². The molecule has 0 unspecified atom stereocenters. The highest BCUT2D eigenvalue weighted by Crippen LogP contribution is 2.34. The molecule has 0 aromatic heterocycles. The molecule has 0 spiro atoms. The molecule has 1 nitrogen and oxygen atoms in total. The first-order chi connectivity index (χ1) is 8.36. The number of nitrogens with one attached hydrogen (secondary N) is 1. The third-order valence-electron chi connectivity index (χ3n) is 3.74. The van der Waals surface area contributed by atoms with Crippen molar-refractivity contribution in [1.82, 2.24) is 5.32 Å². The van der Waals surface area contributed by atoms with Crippen molar-refractivity contribution in [3.05, 3.63) is 48.0 Å². The van der Waals surface area contributed by atoms with Crippen molar-refractivity contribution in [2.75, 3.05) is 6.54 Å². The van der Waals surface area contributed by atoms with Crippen LogP contribution in [0, 0.1) is 0 Å². The van der Waals surface area contributed by atoms with Gasteiger partial charge in [-0.2, -0.15) is 0 Å². The zero-order chi connectivity index (χ0) is 12.1. The highest BCUT2D eigenvalue weighted by molar-refractivity contribution is 5.34. The number of benzene rings is 1. The smallest absolute Gasteiger partial charge is 0.0142 e. The van der Waals surface area contributed by atoms with Crippen molar-refractivity contribution in [2.24, 2.45) is 0 Å². The van der Waals surface area contributed by atoms with Gasteiger partial charge in [0.2, 0.25) is 0 Å². The number of rotatable bonds is 5. The summed E-state index contributed by atoms with van der Waals surface area (Å²) >= 11 is 0. The Bertz CT molecular complexity index is 370. The summed E-state index contributed by atoms with van der Waals surface area (Å²) in [5.74, 6) is 0.615. The number of aryl methyl sites for hydroxylation is 1. The van der Waals surface area contributed by atoms with Gasteiger partial charge in [0.25, 0.3) is 0 Å². The van der Waals surface area contributed by atoms with Crippen molar-refractivity contribution < 1.29 is 0 Å². The van der Waals surface area contributed by atoms with Crippen LogP contribution in [0.25, 0.3) is 0 Å². The van der Waals surface area contributed by atoms with Crippen LogP contribution in [-0.2, 0) is 6.42 Å². The lowest BCUT2D eigenvalue weighted by atomic mass is 9.77. The predicted octanol–water partition coefficient (Wildman–Crippen LogP) is 3.66. The van der Waals surface area contributed by atoms with E-state index in [0.29, 0.717) is 12.0 Å². The van der Waals surface area contributed by atoms with Gasteiger partial charge in [0.1, 0.15) is 0 Å². The van der Waals surface area contributed by atoms with Crippen molar-refractivity contribution in [3.8, 4) is 0 Å². The molecule has 0 aliphatic heterocycles. The SMILES string of the molecule is C=CC[C@@H]1c2ccccc2CC[C@@H]1NCCC. The van der Waals surface area contributed by atoms with E-state index in [4.69, 9.17) is 0 Å². The molecule has 2 atom stereocenters. The molecule has 1 heteroatoms. The minimum Gasteiger partial charge on any atom is -0.313 e. The summed E-state index contributed by atoms with van der Waals surface area (Å²) in [6.45, 7) is 7.27. The highest BCUT2D eigenvalue weighted by Gasteiger charge is 2.27. The molecule has 0 fully saturated rings. The lowest BCUT2D eigenvalue weighted by molar-refractivity contribution is 0.388.